The molecular weight excluding hydrogens is 526 g/mol. The lowest BCUT2D eigenvalue weighted by Gasteiger charge is -2.38. The number of likely N-dealkylation sites (tertiary alicyclic amines) is 1. The van der Waals surface area contributed by atoms with Crippen molar-refractivity contribution >= 4 is 34.9 Å². The van der Waals surface area contributed by atoms with Crippen molar-refractivity contribution in [1.29, 1.82) is 5.41 Å². The molecule has 0 aliphatic carbocycles. The van der Waals surface area contributed by atoms with Gasteiger partial charge >= 0.3 is 0 Å². The molecule has 0 saturated carbocycles. The van der Waals surface area contributed by atoms with Crippen molar-refractivity contribution in [2.45, 2.75) is 52.2 Å². The van der Waals surface area contributed by atoms with Gasteiger partial charge in [0.15, 0.2) is 0 Å². The van der Waals surface area contributed by atoms with Crippen LogP contribution < -0.4 is 16.4 Å². The van der Waals surface area contributed by atoms with E-state index < -0.39 is 0 Å². The molecule has 0 atom stereocenters. The lowest BCUT2D eigenvalue weighted by Crippen LogP contribution is -2.60. The van der Waals surface area contributed by atoms with Gasteiger partial charge in [-0.15, -0.1) is 0 Å². The number of amides is 2. The van der Waals surface area contributed by atoms with Gasteiger partial charge in [0, 0.05) is 35.9 Å². The van der Waals surface area contributed by atoms with E-state index >= 15 is 0 Å². The highest BCUT2D eigenvalue weighted by molar-refractivity contribution is 6.32. The number of aryl methyl sites for hydroxylation is 1. The first-order chi connectivity index (χ1) is 18.9. The summed E-state index contributed by atoms with van der Waals surface area (Å²) < 4.78 is 1.87. The number of nitrogens with two attached hydrogens (primary N) is 1. The second kappa shape index (κ2) is 11.6. The molecule has 1 aromatic heterocycles. The average molecular weight is 562 g/mol. The number of benzene rings is 2. The maximum atomic E-state index is 13.4. The number of imidazole rings is 1. The number of aromatic nitrogens is 2. The van der Waals surface area contributed by atoms with Crippen molar-refractivity contribution in [1.82, 2.24) is 25.1 Å². The van der Waals surface area contributed by atoms with E-state index in [9.17, 15) is 9.59 Å². The number of amidine groups is 1. The lowest BCUT2D eigenvalue weighted by atomic mass is 9.85. The minimum Gasteiger partial charge on any atom is -0.398 e. The maximum absolute atomic E-state index is 13.4. The second-order valence-corrected chi connectivity index (χ2v) is 11.5. The molecule has 0 radical (unpaired) electrons. The van der Waals surface area contributed by atoms with E-state index in [1.54, 1.807) is 17.9 Å². The van der Waals surface area contributed by atoms with Gasteiger partial charge < -0.3 is 25.8 Å². The molecule has 40 heavy (non-hydrogen) atoms. The van der Waals surface area contributed by atoms with Gasteiger partial charge in [-0.3, -0.25) is 15.0 Å². The number of rotatable bonds is 8. The van der Waals surface area contributed by atoms with Crippen molar-refractivity contribution in [3.05, 3.63) is 94.0 Å². The molecule has 2 amide bonds. The van der Waals surface area contributed by atoms with Crippen molar-refractivity contribution in [2.24, 2.45) is 0 Å². The Morgan fingerprint density at radius 2 is 1.90 bits per heavy atom. The van der Waals surface area contributed by atoms with Gasteiger partial charge in [-0.1, -0.05) is 69.3 Å². The minimum absolute atomic E-state index is 0.138. The van der Waals surface area contributed by atoms with Crippen molar-refractivity contribution in [3.63, 3.8) is 0 Å². The van der Waals surface area contributed by atoms with Crippen LogP contribution in [0.5, 0.6) is 0 Å². The summed E-state index contributed by atoms with van der Waals surface area (Å²) in [5.41, 5.74) is 9.90. The minimum atomic E-state index is -0.255. The number of hydrogen-bond acceptors (Lipinski definition) is 5. The van der Waals surface area contributed by atoms with Crippen LogP contribution in [-0.2, 0) is 23.3 Å². The fourth-order valence-corrected chi connectivity index (χ4v) is 5.22. The predicted octanol–water partition coefficient (Wildman–Crippen LogP) is 4.01. The van der Waals surface area contributed by atoms with Crippen molar-refractivity contribution < 1.29 is 9.59 Å². The SMILES string of the molecule is C=CC(=O)N1CC(NC(=O)c2c(C)nc(CNC(=N)c3cc(C(C)(C)C)c(Cl)cc3N)n2Cc2ccccc2)C1. The van der Waals surface area contributed by atoms with Crippen LogP contribution in [0.1, 0.15) is 59.5 Å². The monoisotopic (exact) mass is 561 g/mol. The van der Waals surface area contributed by atoms with Crippen LogP contribution in [-0.4, -0.2) is 51.2 Å². The molecule has 1 saturated heterocycles. The third-order valence-corrected chi connectivity index (χ3v) is 7.28. The first-order valence-corrected chi connectivity index (χ1v) is 13.5. The zero-order chi connectivity index (χ0) is 29.2. The van der Waals surface area contributed by atoms with Gasteiger partial charge in [-0.2, -0.15) is 0 Å². The fraction of sp³-hybridized carbons (Fsp3) is 0.333. The van der Waals surface area contributed by atoms with E-state index in [2.05, 4.69) is 38.0 Å². The zero-order valence-corrected chi connectivity index (χ0v) is 24.1. The number of nitrogens with zero attached hydrogens (tertiary/aromatic N) is 3. The maximum Gasteiger partial charge on any atom is 0.270 e. The molecule has 9 nitrogen and oxygen atoms in total. The van der Waals surface area contributed by atoms with E-state index in [0.717, 1.165) is 11.1 Å². The molecule has 5 N–H and O–H groups in total. The third-order valence-electron chi connectivity index (χ3n) is 6.96. The first-order valence-electron chi connectivity index (χ1n) is 13.1. The summed E-state index contributed by atoms with van der Waals surface area (Å²) in [5, 5.41) is 15.5. The van der Waals surface area contributed by atoms with Crippen LogP contribution in [0.25, 0.3) is 0 Å². The summed E-state index contributed by atoms with van der Waals surface area (Å²) in [4.78, 5) is 31.5. The van der Waals surface area contributed by atoms with E-state index in [0.29, 0.717) is 53.1 Å². The predicted molar refractivity (Wildman–Crippen MR) is 159 cm³/mol. The van der Waals surface area contributed by atoms with Gasteiger partial charge in [-0.25, -0.2) is 4.98 Å². The molecule has 2 heterocycles. The largest absolute Gasteiger partial charge is 0.398 e. The molecule has 0 unspecified atom stereocenters. The van der Waals surface area contributed by atoms with Crippen LogP contribution in [0.2, 0.25) is 5.02 Å². The highest BCUT2D eigenvalue weighted by atomic mass is 35.5. The smallest absolute Gasteiger partial charge is 0.270 e. The molecule has 10 heteroatoms. The number of halogens is 1. The summed E-state index contributed by atoms with van der Waals surface area (Å²) in [7, 11) is 0. The number of nitrogen functional groups attached to an aromatic ring is 1. The van der Waals surface area contributed by atoms with Crippen LogP contribution in [0, 0.1) is 12.3 Å². The molecule has 3 aromatic rings. The van der Waals surface area contributed by atoms with Gasteiger partial charge in [0.1, 0.15) is 17.4 Å². The first kappa shape index (κ1) is 28.9. The summed E-state index contributed by atoms with van der Waals surface area (Å²) in [6.07, 6.45) is 1.27. The highest BCUT2D eigenvalue weighted by Gasteiger charge is 2.32. The zero-order valence-electron chi connectivity index (χ0n) is 23.3. The Balaban J connectivity index is 1.58. The van der Waals surface area contributed by atoms with E-state index in [1.165, 1.54) is 6.08 Å². The number of hydrogen-bond donors (Lipinski definition) is 4. The molecule has 2 aromatic carbocycles. The Bertz CT molecular complexity index is 1450. The standard InChI is InChI=1S/C30H36ClN7O2/c1-6-26(39)37-16-20(17-37)36-29(40)27-18(2)35-25(38(27)15-19-10-8-7-9-11-19)14-34-28(33)21-12-22(30(3,4)5)23(31)13-24(21)32/h6-13,20H,1,14-17,32H2,2-5H3,(H2,33,34)(H,36,40). The highest BCUT2D eigenvalue weighted by Crippen LogP contribution is 2.33. The molecule has 1 aliphatic heterocycles. The second-order valence-electron chi connectivity index (χ2n) is 11.0. The molecule has 0 bridgehead atoms. The molecule has 210 valence electrons. The van der Waals surface area contributed by atoms with E-state index in [-0.39, 0.29) is 35.7 Å². The van der Waals surface area contributed by atoms with Crippen LogP contribution in [0.3, 0.4) is 0 Å². The van der Waals surface area contributed by atoms with Gasteiger partial charge in [-0.05, 0) is 41.7 Å². The van der Waals surface area contributed by atoms with Crippen LogP contribution in [0.4, 0.5) is 5.69 Å². The molecule has 4 rings (SSSR count). The van der Waals surface area contributed by atoms with Gasteiger partial charge in [0.2, 0.25) is 5.91 Å². The van der Waals surface area contributed by atoms with E-state index in [1.807, 2.05) is 41.0 Å². The Labute approximate surface area is 239 Å². The average Bonchev–Trinajstić information content (AvgIpc) is 3.18. The van der Waals surface area contributed by atoms with Crippen LogP contribution >= 0.6 is 11.6 Å². The number of anilines is 1. The summed E-state index contributed by atoms with van der Waals surface area (Å²) in [6, 6.07) is 13.2. The quantitative estimate of drug-likeness (QED) is 0.143. The van der Waals surface area contributed by atoms with Crippen molar-refractivity contribution in [2.75, 3.05) is 18.8 Å². The van der Waals surface area contributed by atoms with Crippen molar-refractivity contribution in [3.8, 4) is 0 Å². The van der Waals surface area contributed by atoms with Gasteiger partial charge in [0.25, 0.3) is 5.91 Å². The topological polar surface area (TPSA) is 129 Å². The molecule has 1 fully saturated rings. The normalized spacial score (nSPS) is 13.5. The Hall–Kier alpha value is -4.11. The van der Waals surface area contributed by atoms with Gasteiger partial charge in [0.05, 0.1) is 18.3 Å². The Kier molecular flexibility index (Phi) is 8.34. The molecular formula is C30H36ClN7O2. The summed E-state index contributed by atoms with van der Waals surface area (Å²) in [5.74, 6) is 0.341. The summed E-state index contributed by atoms with van der Waals surface area (Å²) >= 11 is 6.45. The Morgan fingerprint density at radius 3 is 2.52 bits per heavy atom. The fourth-order valence-electron chi connectivity index (χ4n) is 4.76. The lowest BCUT2D eigenvalue weighted by molar-refractivity contribution is -0.130. The summed E-state index contributed by atoms with van der Waals surface area (Å²) in [6.45, 7) is 13.0. The molecule has 1 aliphatic rings. The number of carbonyl (C=O) groups is 2. The number of carbonyl (C=O) groups excluding carboxylic acids is 2. The van der Waals surface area contributed by atoms with Crippen LogP contribution in [0.15, 0.2) is 55.1 Å². The third kappa shape index (κ3) is 6.20. The number of nitrogens with one attached hydrogen (secondary N) is 3. The molecule has 0 spiro atoms. The Morgan fingerprint density at radius 1 is 1.23 bits per heavy atom. The van der Waals surface area contributed by atoms with E-state index in [4.69, 9.17) is 27.7 Å².